The molecule has 0 aliphatic carbocycles. The van der Waals surface area contributed by atoms with Crippen molar-refractivity contribution in [2.45, 2.75) is 39.6 Å². The van der Waals surface area contributed by atoms with Crippen LogP contribution in [0.25, 0.3) is 0 Å². The summed E-state index contributed by atoms with van der Waals surface area (Å²) in [6.07, 6.45) is 0. The van der Waals surface area contributed by atoms with Crippen molar-refractivity contribution in [1.29, 1.82) is 0 Å². The first-order chi connectivity index (χ1) is 9.65. The summed E-state index contributed by atoms with van der Waals surface area (Å²) in [6, 6.07) is 9.96. The summed E-state index contributed by atoms with van der Waals surface area (Å²) in [5.74, 6) is 0.720. The topological polar surface area (TPSA) is 47.3 Å². The van der Waals surface area contributed by atoms with Crippen molar-refractivity contribution in [3.05, 3.63) is 52.4 Å². The monoisotopic (exact) mass is 294 g/mol. The molecule has 1 aromatic heterocycles. The fourth-order valence-electron chi connectivity index (χ4n) is 1.69. The van der Waals surface area contributed by atoms with Gasteiger partial charge in [-0.15, -0.1) is 0 Å². The van der Waals surface area contributed by atoms with Crippen molar-refractivity contribution in [2.75, 3.05) is 0 Å². The lowest BCUT2D eigenvalue weighted by atomic mass is 10.2. The van der Waals surface area contributed by atoms with Crippen molar-refractivity contribution >= 4 is 11.6 Å². The fraction of sp³-hybridized carbons (Fsp3) is 0.400. The average Bonchev–Trinajstić information content (AvgIpc) is 2.87. The third-order valence-electron chi connectivity index (χ3n) is 2.76. The van der Waals surface area contributed by atoms with E-state index in [1.54, 1.807) is 0 Å². The van der Waals surface area contributed by atoms with E-state index in [4.69, 9.17) is 20.9 Å². The molecule has 0 atom stereocenters. The fourth-order valence-corrected chi connectivity index (χ4v) is 1.88. The molecule has 1 heterocycles. The Bertz CT molecular complexity index is 540. The number of aromatic nitrogens is 1. The van der Waals surface area contributed by atoms with Crippen molar-refractivity contribution in [3.8, 4) is 0 Å². The molecule has 2 rings (SSSR count). The van der Waals surface area contributed by atoms with Gasteiger partial charge in [-0.25, -0.2) is 0 Å². The van der Waals surface area contributed by atoms with Crippen LogP contribution in [0.3, 0.4) is 0 Å². The van der Waals surface area contributed by atoms with E-state index in [1.807, 2.05) is 30.3 Å². The van der Waals surface area contributed by atoms with Crippen LogP contribution in [0.5, 0.6) is 0 Å². The third kappa shape index (κ3) is 4.63. The highest BCUT2D eigenvalue weighted by molar-refractivity contribution is 6.31. The number of halogens is 1. The Morgan fingerprint density at radius 3 is 2.85 bits per heavy atom. The van der Waals surface area contributed by atoms with Gasteiger partial charge in [-0.2, -0.15) is 0 Å². The van der Waals surface area contributed by atoms with Crippen LogP contribution in [-0.2, 0) is 24.5 Å². The summed E-state index contributed by atoms with van der Waals surface area (Å²) in [5.41, 5.74) is 1.85. The summed E-state index contributed by atoms with van der Waals surface area (Å²) in [5, 5.41) is 7.99. The van der Waals surface area contributed by atoms with Crippen LogP contribution in [0.1, 0.15) is 30.9 Å². The molecule has 0 amide bonds. The minimum absolute atomic E-state index is 0.389. The summed E-state index contributed by atoms with van der Waals surface area (Å²) < 4.78 is 10.8. The highest BCUT2D eigenvalue weighted by Crippen LogP contribution is 2.16. The molecule has 0 saturated heterocycles. The van der Waals surface area contributed by atoms with Gasteiger partial charge in [-0.05, 0) is 11.6 Å². The van der Waals surface area contributed by atoms with Gasteiger partial charge in [-0.3, -0.25) is 0 Å². The first kappa shape index (κ1) is 15.0. The summed E-state index contributed by atoms with van der Waals surface area (Å²) in [4.78, 5) is 0. The van der Waals surface area contributed by atoms with Gasteiger partial charge in [0.05, 0.1) is 12.3 Å². The second kappa shape index (κ2) is 7.43. The minimum atomic E-state index is 0.389. The standard InChI is InChI=1S/C15H19ClN2O2/c1-11(2)17-8-13-7-14(20-18-13)10-19-9-12-5-3-4-6-15(12)16/h3-7,11,17H,8-10H2,1-2H3. The smallest absolute Gasteiger partial charge is 0.162 e. The zero-order valence-corrected chi connectivity index (χ0v) is 12.5. The third-order valence-corrected chi connectivity index (χ3v) is 3.13. The number of nitrogens with one attached hydrogen (secondary N) is 1. The van der Waals surface area contributed by atoms with Crippen molar-refractivity contribution in [3.63, 3.8) is 0 Å². The molecule has 0 unspecified atom stereocenters. The van der Waals surface area contributed by atoms with E-state index in [-0.39, 0.29) is 0 Å². The van der Waals surface area contributed by atoms with Crippen LogP contribution in [0.2, 0.25) is 5.02 Å². The molecule has 1 aromatic carbocycles. The van der Waals surface area contributed by atoms with Crippen LogP contribution in [0.15, 0.2) is 34.9 Å². The van der Waals surface area contributed by atoms with Crippen molar-refractivity contribution in [1.82, 2.24) is 10.5 Å². The molecular formula is C15H19ClN2O2. The molecule has 0 bridgehead atoms. The van der Waals surface area contributed by atoms with Gasteiger partial charge < -0.3 is 14.6 Å². The van der Waals surface area contributed by atoms with Gasteiger partial charge in [-0.1, -0.05) is 48.8 Å². The van der Waals surface area contributed by atoms with E-state index < -0.39 is 0 Å². The van der Waals surface area contributed by atoms with Crippen LogP contribution in [0.4, 0.5) is 0 Å². The van der Waals surface area contributed by atoms with Crippen LogP contribution in [0, 0.1) is 0 Å². The molecule has 0 aliphatic heterocycles. The van der Waals surface area contributed by atoms with E-state index in [9.17, 15) is 0 Å². The minimum Gasteiger partial charge on any atom is -0.369 e. The average molecular weight is 295 g/mol. The van der Waals surface area contributed by atoms with E-state index in [0.29, 0.717) is 30.8 Å². The molecule has 108 valence electrons. The molecule has 0 fully saturated rings. The van der Waals surface area contributed by atoms with E-state index in [0.717, 1.165) is 17.0 Å². The highest BCUT2D eigenvalue weighted by atomic mass is 35.5. The highest BCUT2D eigenvalue weighted by Gasteiger charge is 2.06. The van der Waals surface area contributed by atoms with Gasteiger partial charge >= 0.3 is 0 Å². The van der Waals surface area contributed by atoms with Gasteiger partial charge in [0, 0.05) is 23.7 Å². The molecule has 0 aliphatic rings. The lowest BCUT2D eigenvalue weighted by molar-refractivity contribution is 0.0883. The predicted octanol–water partition coefficient (Wildman–Crippen LogP) is 3.54. The lowest BCUT2D eigenvalue weighted by Gasteiger charge is -2.04. The SMILES string of the molecule is CC(C)NCc1cc(COCc2ccccc2Cl)on1. The van der Waals surface area contributed by atoms with Crippen LogP contribution < -0.4 is 5.32 Å². The Morgan fingerprint density at radius 1 is 1.30 bits per heavy atom. The largest absolute Gasteiger partial charge is 0.369 e. The molecule has 0 saturated carbocycles. The number of hydrogen-bond donors (Lipinski definition) is 1. The number of benzene rings is 1. The van der Waals surface area contributed by atoms with Crippen molar-refractivity contribution < 1.29 is 9.26 Å². The van der Waals surface area contributed by atoms with Crippen molar-refractivity contribution in [2.24, 2.45) is 0 Å². The molecule has 4 nitrogen and oxygen atoms in total. The summed E-state index contributed by atoms with van der Waals surface area (Å²) >= 11 is 6.06. The summed E-state index contributed by atoms with van der Waals surface area (Å²) in [6.45, 7) is 5.73. The van der Waals surface area contributed by atoms with Gasteiger partial charge in [0.1, 0.15) is 6.61 Å². The Hall–Kier alpha value is -1.36. The Morgan fingerprint density at radius 2 is 2.10 bits per heavy atom. The van der Waals surface area contributed by atoms with Gasteiger partial charge in [0.15, 0.2) is 5.76 Å². The zero-order chi connectivity index (χ0) is 14.4. The number of nitrogens with zero attached hydrogens (tertiary/aromatic N) is 1. The molecule has 5 heteroatoms. The zero-order valence-electron chi connectivity index (χ0n) is 11.7. The van der Waals surface area contributed by atoms with Gasteiger partial charge in [0.25, 0.3) is 0 Å². The first-order valence-corrected chi connectivity index (χ1v) is 7.02. The maximum atomic E-state index is 6.06. The molecule has 1 N–H and O–H groups in total. The quantitative estimate of drug-likeness (QED) is 0.848. The second-order valence-electron chi connectivity index (χ2n) is 4.90. The Kier molecular flexibility index (Phi) is 5.59. The number of rotatable bonds is 7. The molecule has 0 radical (unpaired) electrons. The maximum absolute atomic E-state index is 6.06. The second-order valence-corrected chi connectivity index (χ2v) is 5.31. The molecule has 0 spiro atoms. The van der Waals surface area contributed by atoms with E-state index in [1.165, 1.54) is 0 Å². The van der Waals surface area contributed by atoms with E-state index >= 15 is 0 Å². The maximum Gasteiger partial charge on any atom is 0.162 e. The molecular weight excluding hydrogens is 276 g/mol. The van der Waals surface area contributed by atoms with Crippen LogP contribution >= 0.6 is 11.6 Å². The molecule has 2 aromatic rings. The van der Waals surface area contributed by atoms with Gasteiger partial charge in [0.2, 0.25) is 0 Å². The number of ether oxygens (including phenoxy) is 1. The molecule has 20 heavy (non-hydrogen) atoms. The lowest BCUT2D eigenvalue weighted by Crippen LogP contribution is -2.21. The predicted molar refractivity (Wildman–Crippen MR) is 78.4 cm³/mol. The van der Waals surface area contributed by atoms with Crippen LogP contribution in [-0.4, -0.2) is 11.2 Å². The summed E-state index contributed by atoms with van der Waals surface area (Å²) in [7, 11) is 0. The first-order valence-electron chi connectivity index (χ1n) is 6.64. The number of hydrogen-bond acceptors (Lipinski definition) is 4. The Labute approximate surface area is 124 Å². The normalized spacial score (nSPS) is 11.2. The Balaban J connectivity index is 1.78. The van der Waals surface area contributed by atoms with E-state index in [2.05, 4.69) is 24.3 Å².